The second-order valence-corrected chi connectivity index (χ2v) is 8.27. The lowest BCUT2D eigenvalue weighted by molar-refractivity contribution is -0.146. The van der Waals surface area contributed by atoms with E-state index in [-0.39, 0.29) is 51.9 Å². The number of carbonyl (C=O) groups excluding carboxylic acids is 1. The highest BCUT2D eigenvalue weighted by atomic mass is 35.5. The molecule has 1 aliphatic carbocycles. The summed E-state index contributed by atoms with van der Waals surface area (Å²) < 4.78 is 50.9. The van der Waals surface area contributed by atoms with Gasteiger partial charge in [-0.15, -0.1) is 0 Å². The SMILES string of the molecule is O=C(COc1cc(C(F)(F)F)ccc1-c1cc(=O)c2cccc(Cl)c2o1)NC1CC(C(=O)O)C1. The molecule has 11 heteroatoms. The Morgan fingerprint density at radius 3 is 2.59 bits per heavy atom. The summed E-state index contributed by atoms with van der Waals surface area (Å²) >= 11 is 6.11. The predicted molar refractivity (Wildman–Crippen MR) is 116 cm³/mol. The highest BCUT2D eigenvalue weighted by Gasteiger charge is 2.35. The number of carboxylic acids is 1. The van der Waals surface area contributed by atoms with E-state index in [4.69, 9.17) is 25.9 Å². The average molecular weight is 496 g/mol. The second kappa shape index (κ2) is 9.02. The van der Waals surface area contributed by atoms with Gasteiger partial charge in [-0.1, -0.05) is 17.7 Å². The zero-order valence-electron chi connectivity index (χ0n) is 17.3. The quantitative estimate of drug-likeness (QED) is 0.522. The van der Waals surface area contributed by atoms with Crippen LogP contribution >= 0.6 is 11.6 Å². The molecule has 0 aliphatic heterocycles. The standard InChI is InChI=1S/C23H17ClF3NO6/c24-16-3-1-2-14-17(29)9-19(34-21(14)16)15-5-4-12(23(25,26)27)8-18(15)33-10-20(30)28-13-6-11(7-13)22(31)32/h1-5,8-9,11,13H,6-7,10H2,(H,28,30)(H,31,32). The molecule has 0 atom stereocenters. The maximum atomic E-state index is 13.3. The van der Waals surface area contributed by atoms with Crippen LogP contribution in [0.1, 0.15) is 18.4 Å². The normalized spacial score (nSPS) is 17.8. The van der Waals surface area contributed by atoms with Gasteiger partial charge < -0.3 is 19.6 Å². The first-order chi connectivity index (χ1) is 16.0. The van der Waals surface area contributed by atoms with E-state index in [9.17, 15) is 27.6 Å². The van der Waals surface area contributed by atoms with Crippen LogP contribution < -0.4 is 15.5 Å². The number of fused-ring (bicyclic) bond motifs is 1. The topological polar surface area (TPSA) is 106 Å². The molecule has 0 radical (unpaired) electrons. The summed E-state index contributed by atoms with van der Waals surface area (Å²) in [5.74, 6) is -2.52. The van der Waals surface area contributed by atoms with E-state index in [2.05, 4.69) is 5.32 Å². The lowest BCUT2D eigenvalue weighted by Gasteiger charge is -2.32. The molecule has 1 amide bonds. The lowest BCUT2D eigenvalue weighted by Crippen LogP contribution is -2.48. The molecule has 0 unspecified atom stereocenters. The number of nitrogens with one attached hydrogen (secondary N) is 1. The van der Waals surface area contributed by atoms with Gasteiger partial charge in [-0.25, -0.2) is 0 Å². The summed E-state index contributed by atoms with van der Waals surface area (Å²) in [5, 5.41) is 11.8. The number of rotatable bonds is 6. The number of carboxylic acid groups (broad SMARTS) is 1. The van der Waals surface area contributed by atoms with Crippen molar-refractivity contribution in [3.05, 3.63) is 63.3 Å². The Morgan fingerprint density at radius 1 is 1.18 bits per heavy atom. The van der Waals surface area contributed by atoms with Gasteiger partial charge in [0.2, 0.25) is 0 Å². The van der Waals surface area contributed by atoms with Gasteiger partial charge >= 0.3 is 12.1 Å². The third-order valence-corrected chi connectivity index (χ3v) is 5.79. The molecular weight excluding hydrogens is 479 g/mol. The number of carbonyl (C=O) groups is 2. The van der Waals surface area contributed by atoms with E-state index in [0.29, 0.717) is 6.07 Å². The van der Waals surface area contributed by atoms with Crippen molar-refractivity contribution in [3.63, 3.8) is 0 Å². The first-order valence-corrected chi connectivity index (χ1v) is 10.5. The fourth-order valence-corrected chi connectivity index (χ4v) is 3.86. The third-order valence-electron chi connectivity index (χ3n) is 5.49. The lowest BCUT2D eigenvalue weighted by atomic mass is 9.80. The van der Waals surface area contributed by atoms with Gasteiger partial charge in [0.1, 0.15) is 11.5 Å². The Hall–Kier alpha value is -3.53. The largest absolute Gasteiger partial charge is 0.483 e. The van der Waals surface area contributed by atoms with E-state index in [1.807, 2.05) is 0 Å². The Balaban J connectivity index is 1.62. The third kappa shape index (κ3) is 4.86. The first-order valence-electron chi connectivity index (χ1n) is 10.1. The number of alkyl halides is 3. The van der Waals surface area contributed by atoms with Crippen molar-refractivity contribution >= 4 is 34.4 Å². The number of hydrogen-bond acceptors (Lipinski definition) is 5. The minimum atomic E-state index is -4.68. The number of aliphatic carboxylic acids is 1. The molecular formula is C23H17ClF3NO6. The van der Waals surface area contributed by atoms with Crippen LogP contribution in [0.3, 0.4) is 0 Å². The molecule has 4 rings (SSSR count). The Labute approximate surface area is 195 Å². The van der Waals surface area contributed by atoms with E-state index in [1.54, 1.807) is 6.07 Å². The van der Waals surface area contributed by atoms with Gasteiger partial charge in [-0.05, 0) is 43.2 Å². The van der Waals surface area contributed by atoms with Crippen LogP contribution in [0.2, 0.25) is 5.02 Å². The average Bonchev–Trinajstić information content (AvgIpc) is 2.74. The summed E-state index contributed by atoms with van der Waals surface area (Å²) in [4.78, 5) is 35.6. The first kappa shape index (κ1) is 23.6. The maximum Gasteiger partial charge on any atom is 0.416 e. The van der Waals surface area contributed by atoms with Crippen LogP contribution in [0.5, 0.6) is 5.75 Å². The Bertz CT molecular complexity index is 1330. The molecule has 0 spiro atoms. The fraction of sp³-hybridized carbons (Fsp3) is 0.261. The minimum absolute atomic E-state index is 0.0225. The van der Waals surface area contributed by atoms with Crippen LogP contribution in [0, 0.1) is 5.92 Å². The van der Waals surface area contributed by atoms with Crippen LogP contribution in [-0.4, -0.2) is 29.6 Å². The zero-order chi connectivity index (χ0) is 24.6. The summed E-state index contributed by atoms with van der Waals surface area (Å²) in [6, 6.07) is 7.92. The van der Waals surface area contributed by atoms with Crippen molar-refractivity contribution in [2.45, 2.75) is 25.1 Å². The zero-order valence-corrected chi connectivity index (χ0v) is 18.1. The number of amides is 1. The van der Waals surface area contributed by atoms with Crippen molar-refractivity contribution < 1.29 is 37.0 Å². The van der Waals surface area contributed by atoms with E-state index < -0.39 is 41.6 Å². The molecule has 1 fully saturated rings. The van der Waals surface area contributed by atoms with Crippen LogP contribution in [0.25, 0.3) is 22.3 Å². The second-order valence-electron chi connectivity index (χ2n) is 7.86. The van der Waals surface area contributed by atoms with Crippen molar-refractivity contribution in [1.29, 1.82) is 0 Å². The molecule has 3 aromatic rings. The summed E-state index contributed by atoms with van der Waals surface area (Å²) in [7, 11) is 0. The number of ether oxygens (including phenoxy) is 1. The summed E-state index contributed by atoms with van der Waals surface area (Å²) in [6.45, 7) is -0.624. The fourth-order valence-electron chi connectivity index (χ4n) is 3.65. The van der Waals surface area contributed by atoms with Gasteiger partial charge in [0.25, 0.3) is 5.91 Å². The highest BCUT2D eigenvalue weighted by Crippen LogP contribution is 2.38. The van der Waals surface area contributed by atoms with E-state index >= 15 is 0 Å². The van der Waals surface area contributed by atoms with Crippen LogP contribution in [-0.2, 0) is 15.8 Å². The monoisotopic (exact) mass is 495 g/mol. The Morgan fingerprint density at radius 2 is 1.91 bits per heavy atom. The highest BCUT2D eigenvalue weighted by molar-refractivity contribution is 6.34. The smallest absolute Gasteiger partial charge is 0.416 e. The van der Waals surface area contributed by atoms with E-state index in [1.165, 1.54) is 12.1 Å². The number of halogens is 4. The van der Waals surface area contributed by atoms with Crippen molar-refractivity contribution in [1.82, 2.24) is 5.32 Å². The summed E-state index contributed by atoms with van der Waals surface area (Å²) in [6.07, 6.45) is -4.15. The number of benzene rings is 2. The van der Waals surface area contributed by atoms with Gasteiger partial charge in [0, 0.05) is 12.1 Å². The van der Waals surface area contributed by atoms with Gasteiger partial charge in [0.05, 0.1) is 27.5 Å². The summed E-state index contributed by atoms with van der Waals surface area (Å²) in [5.41, 5.74) is -1.39. The molecule has 178 valence electrons. The van der Waals surface area contributed by atoms with Crippen LogP contribution in [0.15, 0.2) is 51.7 Å². The molecule has 2 aromatic carbocycles. The maximum absolute atomic E-state index is 13.3. The molecule has 1 heterocycles. The number of para-hydroxylation sites is 1. The van der Waals surface area contributed by atoms with Gasteiger partial charge in [-0.2, -0.15) is 13.2 Å². The molecule has 1 aromatic heterocycles. The molecule has 7 nitrogen and oxygen atoms in total. The molecule has 2 N–H and O–H groups in total. The van der Waals surface area contributed by atoms with Crippen molar-refractivity contribution in [2.75, 3.05) is 6.61 Å². The molecule has 0 saturated heterocycles. The van der Waals surface area contributed by atoms with Crippen molar-refractivity contribution in [2.24, 2.45) is 5.92 Å². The van der Waals surface area contributed by atoms with Gasteiger partial charge in [-0.3, -0.25) is 14.4 Å². The molecule has 1 saturated carbocycles. The van der Waals surface area contributed by atoms with Crippen molar-refractivity contribution in [3.8, 4) is 17.1 Å². The van der Waals surface area contributed by atoms with E-state index in [0.717, 1.165) is 18.2 Å². The number of hydrogen-bond donors (Lipinski definition) is 2. The molecule has 1 aliphatic rings. The molecule has 34 heavy (non-hydrogen) atoms. The predicted octanol–water partition coefficient (Wildman–Crippen LogP) is 4.49. The van der Waals surface area contributed by atoms with Gasteiger partial charge in [0.15, 0.2) is 17.6 Å². The molecule has 0 bridgehead atoms. The minimum Gasteiger partial charge on any atom is -0.483 e. The Kier molecular flexibility index (Phi) is 6.26. The van der Waals surface area contributed by atoms with Crippen LogP contribution in [0.4, 0.5) is 13.2 Å².